The van der Waals surface area contributed by atoms with Crippen LogP contribution in [0.2, 0.25) is 0 Å². The van der Waals surface area contributed by atoms with Gasteiger partial charge in [-0.2, -0.15) is 0 Å². The van der Waals surface area contributed by atoms with Gasteiger partial charge in [-0.1, -0.05) is 458 Å². The van der Waals surface area contributed by atoms with E-state index >= 15 is 0 Å². The van der Waals surface area contributed by atoms with Crippen LogP contribution < -0.4 is 0 Å². The molecule has 0 spiro atoms. The standard InChI is InChI=1S/C122H162/c1-9-17-25-33-41-49-61-91-77-92(62-50-42-34-26-18-10-2)82-101(81-91)113-105-71-59-60-72-106(105)114(102-83-93(63-51-43-35-27-19-11-3)78-94(84-102)64-52-44-36-28-20-12-4)120-108-74-76-110-118-109(75-73-107(117(108)118)119(113)120)121-115(103-85-95(65-53-45-37-29-21-13-5)79-96(86-103)66-54-46-38-30-22-14-6)111-89-99-69-57-58-70-100(99)90-112(111)116(122(110)121)104-87-97(67-55-47-39-31-23-15-7)80-98(88-104)68-56-48-40-32-24-16-8/h57-60,69-90H,9-56,61-68H2,1-8H3. The zero-order chi connectivity index (χ0) is 84.5. The summed E-state index contributed by atoms with van der Waals surface area (Å²) in [6.07, 6.45) is 71.9. The minimum absolute atomic E-state index is 1.13. The van der Waals surface area contributed by atoms with Crippen molar-refractivity contribution < 1.29 is 0 Å². The molecule has 11 aromatic carbocycles. The van der Waals surface area contributed by atoms with Crippen molar-refractivity contribution in [3.63, 3.8) is 0 Å². The first-order valence-corrected chi connectivity index (χ1v) is 52.0. The number of hydrogen-bond acceptors (Lipinski definition) is 0. The second-order valence-electron chi connectivity index (χ2n) is 38.7. The number of fused-ring (bicyclic) bond motifs is 9. The summed E-state index contributed by atoms with van der Waals surface area (Å²) in [4.78, 5) is 0. The Bertz CT molecular complexity index is 4630. The van der Waals surface area contributed by atoms with Gasteiger partial charge in [-0.15, -0.1) is 0 Å². The van der Waals surface area contributed by atoms with Gasteiger partial charge in [0.05, 0.1) is 0 Å². The average Bonchev–Trinajstić information content (AvgIpc) is 1.50. The van der Waals surface area contributed by atoms with E-state index in [9.17, 15) is 0 Å². The molecule has 122 heavy (non-hydrogen) atoms. The van der Waals surface area contributed by atoms with Crippen LogP contribution in [-0.2, 0) is 51.4 Å². The molecule has 2 aliphatic rings. The molecule has 0 unspecified atom stereocenters. The van der Waals surface area contributed by atoms with Gasteiger partial charge in [0, 0.05) is 0 Å². The number of unbranched alkanes of at least 4 members (excludes halogenated alkanes) is 40. The van der Waals surface area contributed by atoms with E-state index in [1.54, 1.807) is 0 Å². The van der Waals surface area contributed by atoms with E-state index in [2.05, 4.69) is 213 Å². The zero-order valence-corrected chi connectivity index (χ0v) is 78.6. The van der Waals surface area contributed by atoms with E-state index in [4.69, 9.17) is 0 Å². The highest BCUT2D eigenvalue weighted by Crippen LogP contribution is 2.65. The summed E-state index contributed by atoms with van der Waals surface area (Å²) < 4.78 is 0. The molecule has 0 bridgehead atoms. The second kappa shape index (κ2) is 49.4. The van der Waals surface area contributed by atoms with Crippen molar-refractivity contribution in [2.45, 2.75) is 415 Å². The van der Waals surface area contributed by atoms with E-state index in [1.165, 1.54) is 485 Å². The highest BCUT2D eigenvalue weighted by molar-refractivity contribution is 6.36. The van der Waals surface area contributed by atoms with Crippen LogP contribution in [-0.4, -0.2) is 0 Å². The molecular formula is C122H162. The van der Waals surface area contributed by atoms with Crippen LogP contribution >= 0.6 is 0 Å². The van der Waals surface area contributed by atoms with Crippen molar-refractivity contribution in [3.8, 4) is 89.0 Å². The van der Waals surface area contributed by atoms with Crippen LogP contribution in [0.5, 0.6) is 0 Å². The fourth-order valence-electron chi connectivity index (χ4n) is 21.9. The second-order valence-corrected chi connectivity index (χ2v) is 38.7. The van der Waals surface area contributed by atoms with E-state index in [0.29, 0.717) is 0 Å². The maximum atomic E-state index is 2.72. The molecule has 650 valence electrons. The number of rotatable bonds is 60. The quantitative estimate of drug-likeness (QED) is 0.0263. The lowest BCUT2D eigenvalue weighted by Crippen LogP contribution is -1.99. The van der Waals surface area contributed by atoms with Crippen molar-refractivity contribution in [2.24, 2.45) is 0 Å². The lowest BCUT2D eigenvalue weighted by molar-refractivity contribution is 0.605. The van der Waals surface area contributed by atoms with Gasteiger partial charge in [-0.3, -0.25) is 0 Å². The third-order valence-electron chi connectivity index (χ3n) is 28.5. The minimum Gasteiger partial charge on any atom is -0.0654 e. The maximum absolute atomic E-state index is 2.72. The molecule has 0 nitrogen and oxygen atoms in total. The molecule has 0 radical (unpaired) electrons. The van der Waals surface area contributed by atoms with Gasteiger partial charge in [-0.25, -0.2) is 0 Å². The molecule has 0 aromatic heterocycles. The molecule has 11 aromatic rings. The van der Waals surface area contributed by atoms with Gasteiger partial charge in [0.15, 0.2) is 0 Å². The molecule has 0 atom stereocenters. The molecule has 0 aliphatic heterocycles. The number of benzene rings is 11. The molecule has 0 heteroatoms. The topological polar surface area (TPSA) is 0 Å². The fourth-order valence-corrected chi connectivity index (χ4v) is 21.9. The highest BCUT2D eigenvalue weighted by atomic mass is 14.4. The number of aryl methyl sites for hydroxylation is 8. The van der Waals surface area contributed by atoms with Crippen LogP contribution in [0.3, 0.4) is 0 Å². The fraction of sp³-hybridized carbons (Fsp3) is 0.525. The molecule has 0 amide bonds. The Labute approximate surface area is 744 Å². The Hall–Kier alpha value is -7.54. The van der Waals surface area contributed by atoms with Gasteiger partial charge in [0.25, 0.3) is 0 Å². The predicted molar refractivity (Wildman–Crippen MR) is 544 cm³/mol. The van der Waals surface area contributed by atoms with E-state index in [1.807, 2.05) is 0 Å². The summed E-state index contributed by atoms with van der Waals surface area (Å²) in [7, 11) is 0. The molecular weight excluding hydrogens is 1470 g/mol. The Balaban J connectivity index is 1.11. The molecule has 2 aliphatic carbocycles. The average molecular weight is 1630 g/mol. The largest absolute Gasteiger partial charge is 0.0654 e. The Kier molecular flexibility index (Phi) is 37.3. The first-order valence-electron chi connectivity index (χ1n) is 52.0. The van der Waals surface area contributed by atoms with Crippen LogP contribution in [0.1, 0.15) is 408 Å². The summed E-state index contributed by atoms with van der Waals surface area (Å²) in [5.41, 5.74) is 35.4. The summed E-state index contributed by atoms with van der Waals surface area (Å²) >= 11 is 0. The molecule has 0 fully saturated rings. The van der Waals surface area contributed by atoms with E-state index in [0.717, 1.165) is 51.4 Å². The molecule has 13 rings (SSSR count). The van der Waals surface area contributed by atoms with Crippen LogP contribution in [0.15, 0.2) is 158 Å². The first kappa shape index (κ1) is 92.1. The van der Waals surface area contributed by atoms with Gasteiger partial charge in [0.2, 0.25) is 0 Å². The highest BCUT2D eigenvalue weighted by Gasteiger charge is 2.38. The molecule has 0 heterocycles. The Morgan fingerprint density at radius 2 is 0.320 bits per heavy atom. The Morgan fingerprint density at radius 1 is 0.148 bits per heavy atom. The van der Waals surface area contributed by atoms with Crippen LogP contribution in [0.4, 0.5) is 0 Å². The van der Waals surface area contributed by atoms with Crippen molar-refractivity contribution in [1.82, 2.24) is 0 Å². The lowest BCUT2D eigenvalue weighted by atomic mass is 9.79. The summed E-state index contributed by atoms with van der Waals surface area (Å²) in [5, 5.41) is 11.2. The van der Waals surface area contributed by atoms with E-state index in [-0.39, 0.29) is 0 Å². The molecule has 0 saturated carbocycles. The Morgan fingerprint density at radius 3 is 0.516 bits per heavy atom. The summed E-state index contributed by atoms with van der Waals surface area (Å²) in [5.74, 6) is 0. The minimum atomic E-state index is 1.13. The van der Waals surface area contributed by atoms with Crippen LogP contribution in [0.25, 0.3) is 132 Å². The van der Waals surface area contributed by atoms with E-state index < -0.39 is 0 Å². The van der Waals surface area contributed by atoms with Crippen molar-refractivity contribution in [3.05, 3.63) is 202 Å². The van der Waals surface area contributed by atoms with Gasteiger partial charge in [0.1, 0.15) is 0 Å². The first-order chi connectivity index (χ1) is 60.3. The smallest absolute Gasteiger partial charge is 0.000740 e. The van der Waals surface area contributed by atoms with Gasteiger partial charge >= 0.3 is 0 Å². The summed E-state index contributed by atoms with van der Waals surface area (Å²) in [6.45, 7) is 18.9. The van der Waals surface area contributed by atoms with Gasteiger partial charge < -0.3 is 0 Å². The normalized spacial score (nSPS) is 12.1. The third kappa shape index (κ3) is 24.2. The van der Waals surface area contributed by atoms with Crippen molar-refractivity contribution in [2.75, 3.05) is 0 Å². The van der Waals surface area contributed by atoms with Crippen molar-refractivity contribution in [1.29, 1.82) is 0 Å². The van der Waals surface area contributed by atoms with Crippen LogP contribution in [0, 0.1) is 0 Å². The number of hydrogen-bond donors (Lipinski definition) is 0. The maximum Gasteiger partial charge on any atom is -0.000740 e. The lowest BCUT2D eigenvalue weighted by Gasteiger charge is -2.23. The van der Waals surface area contributed by atoms with Crippen molar-refractivity contribution >= 4 is 43.1 Å². The predicted octanol–water partition coefficient (Wildman–Crippen LogP) is 39.5. The molecule has 0 N–H and O–H groups in total. The monoisotopic (exact) mass is 1630 g/mol. The summed E-state index contributed by atoms with van der Waals surface area (Å²) in [6, 6.07) is 67.9. The molecule has 0 saturated heterocycles. The zero-order valence-electron chi connectivity index (χ0n) is 78.6. The van der Waals surface area contributed by atoms with Gasteiger partial charge in [-0.05, 0) is 291 Å². The SMILES string of the molecule is CCCCCCCCc1cc(CCCCCCCC)cc(-c2c3c(c(-c4cc(CCCCCCCC)cc(CCCCCCCC)c4)c4ccccc24)-c2ccc4c5c(ccc-3c25)-c2c-4c(-c3cc(CCCCCCCC)cc(CCCCCCCC)c3)c3cc4ccccc4cc3c2-c2cc(CCCCCCCC)cc(CCCCCCCC)c2)c1. The third-order valence-corrected chi connectivity index (χ3v) is 28.5.